The highest BCUT2D eigenvalue weighted by Gasteiger charge is 2.23. The van der Waals surface area contributed by atoms with Crippen molar-refractivity contribution in [2.24, 2.45) is 0 Å². The molecule has 1 amide bonds. The second-order valence-electron chi connectivity index (χ2n) is 5.01. The number of ether oxygens (including phenoxy) is 2. The van der Waals surface area contributed by atoms with E-state index in [9.17, 15) is 4.79 Å². The lowest BCUT2D eigenvalue weighted by atomic mass is 10.2. The Morgan fingerprint density at radius 3 is 2.86 bits per heavy atom. The molecular weight excluding hydrogens is 346 g/mol. The van der Waals surface area contributed by atoms with E-state index in [2.05, 4.69) is 15.9 Å². The summed E-state index contributed by atoms with van der Waals surface area (Å²) in [4.78, 5) is 14.1. The Balaban J connectivity index is 1.76. The third-order valence-corrected chi connectivity index (χ3v) is 3.91. The fraction of sp³-hybridized carbons (Fsp3) is 0.235. The number of carbonyl (C=O) groups excluding carboxylic acids is 1. The summed E-state index contributed by atoms with van der Waals surface area (Å²) in [7, 11) is 0. The maximum absolute atomic E-state index is 12.4. The smallest absolute Gasteiger partial charge is 0.414 e. The zero-order chi connectivity index (χ0) is 15.4. The maximum atomic E-state index is 12.4. The van der Waals surface area contributed by atoms with E-state index in [1.165, 1.54) is 0 Å². The molecular formula is C17H16BrNO3. The van der Waals surface area contributed by atoms with Crippen molar-refractivity contribution < 1.29 is 14.3 Å². The number of hydrogen-bond acceptors (Lipinski definition) is 3. The lowest BCUT2D eigenvalue weighted by Crippen LogP contribution is -2.32. The second-order valence-corrected chi connectivity index (χ2v) is 5.92. The van der Waals surface area contributed by atoms with Gasteiger partial charge in [-0.3, -0.25) is 4.90 Å². The first-order chi connectivity index (χ1) is 10.7. The molecule has 0 spiro atoms. The second kappa shape index (κ2) is 6.83. The predicted octanol–water partition coefficient (Wildman–Crippen LogP) is 4.37. The van der Waals surface area contributed by atoms with Gasteiger partial charge >= 0.3 is 6.09 Å². The predicted molar refractivity (Wildman–Crippen MR) is 88.2 cm³/mol. The van der Waals surface area contributed by atoms with E-state index < -0.39 is 0 Å². The van der Waals surface area contributed by atoms with Gasteiger partial charge in [-0.1, -0.05) is 46.3 Å². The fourth-order valence-corrected chi connectivity index (χ4v) is 2.68. The summed E-state index contributed by atoms with van der Waals surface area (Å²) in [5.74, 6) is 0.706. The molecule has 0 bridgehead atoms. The van der Waals surface area contributed by atoms with Crippen LogP contribution in [0.4, 0.5) is 10.5 Å². The molecule has 0 aliphatic carbocycles. The van der Waals surface area contributed by atoms with Gasteiger partial charge in [0.05, 0.1) is 12.3 Å². The normalized spacial score (nSPS) is 13.8. The van der Waals surface area contributed by atoms with Crippen LogP contribution in [0.2, 0.25) is 0 Å². The number of amides is 1. The number of carbonyl (C=O) groups is 1. The van der Waals surface area contributed by atoms with Crippen LogP contribution in [-0.4, -0.2) is 19.2 Å². The first-order valence-electron chi connectivity index (χ1n) is 7.14. The number of fused-ring (bicyclic) bond motifs is 1. The van der Waals surface area contributed by atoms with E-state index in [0.29, 0.717) is 18.9 Å². The summed E-state index contributed by atoms with van der Waals surface area (Å²) in [5, 5.41) is 0. The third kappa shape index (κ3) is 3.42. The van der Waals surface area contributed by atoms with Gasteiger partial charge in [-0.15, -0.1) is 0 Å². The van der Waals surface area contributed by atoms with E-state index in [4.69, 9.17) is 9.47 Å². The van der Waals surface area contributed by atoms with E-state index in [-0.39, 0.29) is 12.7 Å². The van der Waals surface area contributed by atoms with Gasteiger partial charge in [-0.2, -0.15) is 0 Å². The first-order valence-corrected chi connectivity index (χ1v) is 7.94. The molecule has 1 aliphatic heterocycles. The summed E-state index contributed by atoms with van der Waals surface area (Å²) in [6.07, 6.45) is 0.418. The van der Waals surface area contributed by atoms with Crippen molar-refractivity contribution in [1.82, 2.24) is 0 Å². The SMILES string of the molecule is O=C(OCc1ccccc1)N1CCCOc2ccc(Br)cc21. The molecule has 0 fully saturated rings. The van der Waals surface area contributed by atoms with Gasteiger partial charge in [-0.25, -0.2) is 4.79 Å². The molecule has 0 N–H and O–H groups in total. The van der Waals surface area contributed by atoms with Crippen LogP contribution in [0.3, 0.4) is 0 Å². The van der Waals surface area contributed by atoms with Crippen molar-refractivity contribution in [1.29, 1.82) is 0 Å². The Bertz CT molecular complexity index is 660. The van der Waals surface area contributed by atoms with Crippen LogP contribution in [0.1, 0.15) is 12.0 Å². The largest absolute Gasteiger partial charge is 0.491 e. The van der Waals surface area contributed by atoms with Gasteiger partial charge in [0.1, 0.15) is 12.4 Å². The number of benzene rings is 2. The molecule has 3 rings (SSSR count). The molecule has 2 aromatic rings. The van der Waals surface area contributed by atoms with E-state index in [0.717, 1.165) is 22.1 Å². The average Bonchev–Trinajstić information content (AvgIpc) is 2.75. The molecule has 1 heterocycles. The molecule has 0 radical (unpaired) electrons. The molecule has 22 heavy (non-hydrogen) atoms. The number of rotatable bonds is 2. The van der Waals surface area contributed by atoms with Crippen molar-refractivity contribution in [2.45, 2.75) is 13.0 Å². The zero-order valence-electron chi connectivity index (χ0n) is 12.0. The van der Waals surface area contributed by atoms with Gasteiger partial charge in [0.2, 0.25) is 0 Å². The standard InChI is InChI=1S/C17H16BrNO3/c18-14-7-8-16-15(11-14)19(9-4-10-21-16)17(20)22-12-13-5-2-1-3-6-13/h1-3,5-8,11H,4,9-10,12H2. The minimum Gasteiger partial charge on any atom is -0.491 e. The van der Waals surface area contributed by atoms with Gasteiger partial charge in [0, 0.05) is 11.0 Å². The molecule has 0 saturated heterocycles. The monoisotopic (exact) mass is 361 g/mol. The van der Waals surface area contributed by atoms with Crippen molar-refractivity contribution in [3.05, 3.63) is 58.6 Å². The summed E-state index contributed by atoms with van der Waals surface area (Å²) in [6, 6.07) is 15.3. The molecule has 1 aliphatic rings. The Morgan fingerprint density at radius 2 is 2.05 bits per heavy atom. The summed E-state index contributed by atoms with van der Waals surface area (Å²) < 4.78 is 12.0. The molecule has 2 aromatic carbocycles. The van der Waals surface area contributed by atoms with Crippen LogP contribution in [0.25, 0.3) is 0 Å². The van der Waals surface area contributed by atoms with Crippen LogP contribution in [0, 0.1) is 0 Å². The van der Waals surface area contributed by atoms with Crippen molar-refractivity contribution >= 4 is 27.7 Å². The number of anilines is 1. The molecule has 5 heteroatoms. The fourth-order valence-electron chi connectivity index (χ4n) is 2.34. The van der Waals surface area contributed by atoms with E-state index in [1.807, 2.05) is 48.5 Å². The third-order valence-electron chi connectivity index (χ3n) is 3.42. The first kappa shape index (κ1) is 14.9. The lowest BCUT2D eigenvalue weighted by molar-refractivity contribution is 0.147. The Labute approximate surface area is 137 Å². The average molecular weight is 362 g/mol. The maximum Gasteiger partial charge on any atom is 0.414 e. The highest BCUT2D eigenvalue weighted by atomic mass is 79.9. The topological polar surface area (TPSA) is 38.8 Å². The Morgan fingerprint density at radius 1 is 1.23 bits per heavy atom. The highest BCUT2D eigenvalue weighted by Crippen LogP contribution is 2.34. The van der Waals surface area contributed by atoms with Crippen molar-refractivity contribution in [2.75, 3.05) is 18.1 Å². The highest BCUT2D eigenvalue weighted by molar-refractivity contribution is 9.10. The Hall–Kier alpha value is -2.01. The van der Waals surface area contributed by atoms with E-state index >= 15 is 0 Å². The van der Waals surface area contributed by atoms with Crippen molar-refractivity contribution in [3.63, 3.8) is 0 Å². The van der Waals surface area contributed by atoms with Crippen LogP contribution in [0.5, 0.6) is 5.75 Å². The van der Waals surface area contributed by atoms with Crippen LogP contribution >= 0.6 is 15.9 Å². The number of nitrogens with zero attached hydrogens (tertiary/aromatic N) is 1. The minimum atomic E-state index is -0.353. The van der Waals surface area contributed by atoms with Crippen LogP contribution < -0.4 is 9.64 Å². The van der Waals surface area contributed by atoms with Gasteiger partial charge in [0.15, 0.2) is 0 Å². The minimum absolute atomic E-state index is 0.264. The van der Waals surface area contributed by atoms with Gasteiger partial charge in [0.25, 0.3) is 0 Å². The van der Waals surface area contributed by atoms with Crippen molar-refractivity contribution in [3.8, 4) is 5.75 Å². The number of hydrogen-bond donors (Lipinski definition) is 0. The summed E-state index contributed by atoms with van der Waals surface area (Å²) in [6.45, 7) is 1.44. The summed E-state index contributed by atoms with van der Waals surface area (Å²) in [5.41, 5.74) is 1.71. The quantitative estimate of drug-likeness (QED) is 0.796. The molecule has 114 valence electrons. The van der Waals surface area contributed by atoms with Gasteiger partial charge < -0.3 is 9.47 Å². The van der Waals surface area contributed by atoms with Crippen LogP contribution in [0.15, 0.2) is 53.0 Å². The molecule has 0 saturated carbocycles. The van der Waals surface area contributed by atoms with Crippen LogP contribution in [-0.2, 0) is 11.3 Å². The summed E-state index contributed by atoms with van der Waals surface area (Å²) >= 11 is 3.43. The Kier molecular flexibility index (Phi) is 4.63. The zero-order valence-corrected chi connectivity index (χ0v) is 13.6. The number of halogens is 1. The lowest BCUT2D eigenvalue weighted by Gasteiger charge is -2.21. The molecule has 4 nitrogen and oxygen atoms in total. The molecule has 0 unspecified atom stereocenters. The van der Waals surface area contributed by atoms with Gasteiger partial charge in [-0.05, 0) is 30.2 Å². The van der Waals surface area contributed by atoms with E-state index in [1.54, 1.807) is 4.90 Å². The molecule has 0 atom stereocenters. The molecule has 0 aromatic heterocycles.